The van der Waals surface area contributed by atoms with Crippen LogP contribution < -0.4 is 0 Å². The van der Waals surface area contributed by atoms with Crippen molar-refractivity contribution in [3.63, 3.8) is 0 Å². The summed E-state index contributed by atoms with van der Waals surface area (Å²) in [6, 6.07) is 4.92. The van der Waals surface area contributed by atoms with Crippen LogP contribution in [0.3, 0.4) is 0 Å². The Bertz CT molecular complexity index is 634. The summed E-state index contributed by atoms with van der Waals surface area (Å²) in [5, 5.41) is 10.6. The Balaban J connectivity index is 3.22. The first-order valence-electron chi connectivity index (χ1n) is 6.21. The van der Waals surface area contributed by atoms with E-state index in [0.717, 1.165) is 6.92 Å². The maximum atomic E-state index is 11.7. The van der Waals surface area contributed by atoms with E-state index in [4.69, 9.17) is 15.0 Å². The molecule has 0 bridgehead atoms. The quantitative estimate of drug-likeness (QED) is 0.195. The van der Waals surface area contributed by atoms with E-state index in [-0.39, 0.29) is 17.9 Å². The van der Waals surface area contributed by atoms with Crippen molar-refractivity contribution in [1.82, 2.24) is 0 Å². The van der Waals surface area contributed by atoms with Gasteiger partial charge < -0.3 is 15.0 Å². The lowest BCUT2D eigenvalue weighted by Crippen LogP contribution is -2.28. The van der Waals surface area contributed by atoms with Crippen LogP contribution in [-0.2, 0) is 19.1 Å². The van der Waals surface area contributed by atoms with Crippen molar-refractivity contribution in [2.45, 2.75) is 20.0 Å². The fraction of sp³-hybridized carbons (Fsp3) is 0.308. The smallest absolute Gasteiger partial charge is 0.421 e. The first-order valence-corrected chi connectivity index (χ1v) is 6.21. The average Bonchev–Trinajstić information content (AvgIpc) is 2.47. The molecule has 0 amide bonds. The van der Waals surface area contributed by atoms with Crippen molar-refractivity contribution < 1.29 is 28.8 Å². The SMILES string of the molecule is CCOC(=O)C(=[N+]=[N-])C(OC(C)=O)c1ccc([N+](=O)[O-])cc1. The number of esters is 2. The highest BCUT2D eigenvalue weighted by Crippen LogP contribution is 2.22. The largest absolute Gasteiger partial charge is 0.457 e. The third-order valence-corrected chi connectivity index (χ3v) is 2.53. The minimum Gasteiger partial charge on any atom is -0.457 e. The molecule has 1 unspecified atom stereocenters. The molecule has 0 heterocycles. The van der Waals surface area contributed by atoms with Gasteiger partial charge in [0.2, 0.25) is 6.10 Å². The standard InChI is InChI=1S/C13H13N3O6/c1-3-21-13(18)11(15-14)12(22-8(2)17)9-4-6-10(7-5-9)16(19)20/h4-7,12H,3H2,1-2H3. The second kappa shape index (κ2) is 7.65. The maximum Gasteiger partial charge on any atom is 0.421 e. The van der Waals surface area contributed by atoms with Gasteiger partial charge in [0.05, 0.1) is 11.5 Å². The van der Waals surface area contributed by atoms with E-state index in [1.165, 1.54) is 24.3 Å². The van der Waals surface area contributed by atoms with Crippen LogP contribution >= 0.6 is 0 Å². The predicted molar refractivity (Wildman–Crippen MR) is 72.9 cm³/mol. The van der Waals surface area contributed by atoms with Gasteiger partial charge in [0.15, 0.2) is 0 Å². The number of carbonyl (C=O) groups is 2. The summed E-state index contributed by atoms with van der Waals surface area (Å²) in [5.74, 6) is -1.69. The van der Waals surface area contributed by atoms with E-state index >= 15 is 0 Å². The molecule has 1 atom stereocenters. The molecule has 9 nitrogen and oxygen atoms in total. The summed E-state index contributed by atoms with van der Waals surface area (Å²) in [6.45, 7) is 2.70. The predicted octanol–water partition coefficient (Wildman–Crippen LogP) is 1.43. The van der Waals surface area contributed by atoms with Crippen molar-refractivity contribution in [3.05, 3.63) is 45.5 Å². The lowest BCUT2D eigenvalue weighted by molar-refractivity contribution is -0.384. The number of nitro groups is 1. The summed E-state index contributed by atoms with van der Waals surface area (Å²) >= 11 is 0. The van der Waals surface area contributed by atoms with E-state index in [2.05, 4.69) is 4.79 Å². The van der Waals surface area contributed by atoms with E-state index in [9.17, 15) is 19.7 Å². The minimum atomic E-state index is -1.33. The molecule has 1 rings (SSSR count). The van der Waals surface area contributed by atoms with E-state index in [0.29, 0.717) is 0 Å². The van der Waals surface area contributed by atoms with Crippen molar-refractivity contribution in [1.29, 1.82) is 0 Å². The first kappa shape index (κ1) is 17.0. The molecule has 0 saturated heterocycles. The summed E-state index contributed by atoms with van der Waals surface area (Å²) in [6.07, 6.45) is -1.33. The van der Waals surface area contributed by atoms with E-state index in [1.807, 2.05) is 0 Å². The fourth-order valence-electron chi connectivity index (χ4n) is 1.62. The summed E-state index contributed by atoms with van der Waals surface area (Å²) in [4.78, 5) is 35.8. The van der Waals surface area contributed by atoms with Gasteiger partial charge in [-0.1, -0.05) is 0 Å². The molecule has 0 saturated carbocycles. The monoisotopic (exact) mass is 307 g/mol. The summed E-state index contributed by atoms with van der Waals surface area (Å²) in [7, 11) is 0. The molecule has 0 aliphatic carbocycles. The molecular weight excluding hydrogens is 294 g/mol. The zero-order valence-corrected chi connectivity index (χ0v) is 11.9. The number of benzene rings is 1. The summed E-state index contributed by atoms with van der Waals surface area (Å²) < 4.78 is 9.67. The van der Waals surface area contributed by atoms with Gasteiger partial charge in [0.1, 0.15) is 0 Å². The highest BCUT2D eigenvalue weighted by Gasteiger charge is 2.37. The van der Waals surface area contributed by atoms with Crippen LogP contribution in [0.15, 0.2) is 24.3 Å². The molecule has 0 N–H and O–H groups in total. The van der Waals surface area contributed by atoms with Gasteiger partial charge in [-0.2, -0.15) is 4.79 Å². The zero-order valence-electron chi connectivity index (χ0n) is 11.9. The molecule has 1 aromatic rings. The second-order valence-corrected chi connectivity index (χ2v) is 4.04. The van der Waals surface area contributed by atoms with Gasteiger partial charge in [-0.05, 0) is 19.1 Å². The van der Waals surface area contributed by atoms with Gasteiger partial charge in [0.25, 0.3) is 5.69 Å². The third kappa shape index (κ3) is 4.22. The number of nitro benzene ring substituents is 1. The molecule has 0 radical (unpaired) electrons. The lowest BCUT2D eigenvalue weighted by Gasteiger charge is -2.12. The second-order valence-electron chi connectivity index (χ2n) is 4.04. The van der Waals surface area contributed by atoms with Crippen LogP contribution in [0.5, 0.6) is 0 Å². The van der Waals surface area contributed by atoms with Gasteiger partial charge in [0, 0.05) is 24.6 Å². The molecule has 0 spiro atoms. The third-order valence-electron chi connectivity index (χ3n) is 2.53. The average molecular weight is 307 g/mol. The van der Waals surface area contributed by atoms with E-state index in [1.54, 1.807) is 6.92 Å². The molecule has 0 fully saturated rings. The maximum absolute atomic E-state index is 11.7. The van der Waals surface area contributed by atoms with Gasteiger partial charge >= 0.3 is 17.7 Å². The van der Waals surface area contributed by atoms with Crippen molar-refractivity contribution in [2.75, 3.05) is 6.61 Å². The Labute approximate surface area is 125 Å². The molecule has 22 heavy (non-hydrogen) atoms. The normalized spacial score (nSPS) is 11.0. The molecule has 1 aromatic carbocycles. The number of hydrogen-bond acceptors (Lipinski definition) is 6. The van der Waals surface area contributed by atoms with Gasteiger partial charge in [-0.15, -0.1) is 0 Å². The Hall–Kier alpha value is -3.06. The zero-order chi connectivity index (χ0) is 16.7. The minimum absolute atomic E-state index is 0.0326. The number of rotatable bonds is 6. The Morgan fingerprint density at radius 3 is 2.36 bits per heavy atom. The van der Waals surface area contributed by atoms with Crippen LogP contribution in [0.4, 0.5) is 5.69 Å². The Morgan fingerprint density at radius 1 is 1.36 bits per heavy atom. The highest BCUT2D eigenvalue weighted by atomic mass is 16.6. The molecule has 0 aliphatic rings. The number of non-ortho nitro benzene ring substituents is 1. The van der Waals surface area contributed by atoms with Crippen LogP contribution in [0.25, 0.3) is 5.53 Å². The molecule has 116 valence electrons. The van der Waals surface area contributed by atoms with Crippen LogP contribution in [0, 0.1) is 10.1 Å². The van der Waals surface area contributed by atoms with Crippen molar-refractivity contribution in [3.8, 4) is 0 Å². The Kier molecular flexibility index (Phi) is 5.91. The Morgan fingerprint density at radius 2 is 1.95 bits per heavy atom. The van der Waals surface area contributed by atoms with Crippen molar-refractivity contribution in [2.24, 2.45) is 0 Å². The van der Waals surface area contributed by atoms with Crippen LogP contribution in [-0.4, -0.2) is 34.0 Å². The first-order chi connectivity index (χ1) is 10.4. The lowest BCUT2D eigenvalue weighted by atomic mass is 10.0. The number of hydrogen-bond donors (Lipinski definition) is 0. The van der Waals surface area contributed by atoms with Gasteiger partial charge in [-0.25, -0.2) is 4.79 Å². The van der Waals surface area contributed by atoms with Gasteiger partial charge in [-0.3, -0.25) is 14.9 Å². The molecule has 9 heteroatoms. The van der Waals surface area contributed by atoms with Crippen LogP contribution in [0.2, 0.25) is 0 Å². The van der Waals surface area contributed by atoms with Crippen LogP contribution in [0.1, 0.15) is 25.5 Å². The summed E-state index contributed by atoms with van der Waals surface area (Å²) in [5.41, 5.74) is 8.51. The highest BCUT2D eigenvalue weighted by molar-refractivity contribution is 6.35. The van der Waals surface area contributed by atoms with Crippen molar-refractivity contribution >= 4 is 23.3 Å². The molecule has 0 aromatic heterocycles. The number of nitrogens with zero attached hydrogens (tertiary/aromatic N) is 3. The fourth-order valence-corrected chi connectivity index (χ4v) is 1.62. The number of ether oxygens (including phenoxy) is 2. The van der Waals surface area contributed by atoms with E-state index < -0.39 is 28.7 Å². The topological polar surface area (TPSA) is 132 Å². The number of carbonyl (C=O) groups excluding carboxylic acids is 2. The molecular formula is C13H13N3O6. The molecule has 0 aliphatic heterocycles.